The van der Waals surface area contributed by atoms with Crippen LogP contribution in [0.4, 0.5) is 4.79 Å². The molecule has 0 unspecified atom stereocenters. The molecule has 0 spiro atoms. The number of rotatable bonds is 8. The Hall–Kier alpha value is -4.33. The van der Waals surface area contributed by atoms with Crippen molar-refractivity contribution in [3.05, 3.63) is 89.5 Å². The van der Waals surface area contributed by atoms with Gasteiger partial charge in [-0.15, -0.1) is 0 Å². The summed E-state index contributed by atoms with van der Waals surface area (Å²) >= 11 is 0. The summed E-state index contributed by atoms with van der Waals surface area (Å²) in [5, 5.41) is 23.2. The van der Waals surface area contributed by atoms with Crippen molar-refractivity contribution >= 4 is 18.0 Å². The smallest absolute Gasteiger partial charge is 0.407 e. The van der Waals surface area contributed by atoms with E-state index in [1.807, 2.05) is 48.5 Å². The first kappa shape index (κ1) is 22.8. The molecule has 3 aromatic rings. The molecule has 0 saturated carbocycles. The Kier molecular flexibility index (Phi) is 6.77. The average Bonchev–Trinajstić information content (AvgIpc) is 3.16. The van der Waals surface area contributed by atoms with Crippen LogP contribution in [0.3, 0.4) is 0 Å². The standard InChI is InChI=1S/C26H24N2O6/c29-17-11-9-16(10-12-17)13-23(25(32)27-14-24(30)31)28-26(33)34-15-22-20-7-3-1-5-18(20)19-6-2-4-8-21(19)22/h1-12,22-23,29H,13-15H2,(H,27,32)(H,28,33)(H,30,31)/t23-/m1/s1. The maximum atomic E-state index is 12.7. The number of fused-ring (bicyclic) bond motifs is 3. The van der Waals surface area contributed by atoms with Crippen LogP contribution in [0, 0.1) is 0 Å². The number of carbonyl (C=O) groups excluding carboxylic acids is 2. The van der Waals surface area contributed by atoms with Crippen molar-refractivity contribution < 1.29 is 29.3 Å². The molecule has 34 heavy (non-hydrogen) atoms. The fraction of sp³-hybridized carbons (Fsp3) is 0.192. The lowest BCUT2D eigenvalue weighted by molar-refractivity contribution is -0.138. The van der Waals surface area contributed by atoms with Crippen LogP contribution in [0.1, 0.15) is 22.6 Å². The highest BCUT2D eigenvalue weighted by atomic mass is 16.5. The van der Waals surface area contributed by atoms with Gasteiger partial charge in [-0.05, 0) is 39.9 Å². The van der Waals surface area contributed by atoms with Gasteiger partial charge in [0.05, 0.1) is 0 Å². The van der Waals surface area contributed by atoms with E-state index < -0.39 is 30.6 Å². The van der Waals surface area contributed by atoms with Crippen molar-refractivity contribution in [3.8, 4) is 16.9 Å². The molecule has 8 heteroatoms. The Morgan fingerprint density at radius 3 is 2.06 bits per heavy atom. The molecule has 0 radical (unpaired) electrons. The van der Waals surface area contributed by atoms with Gasteiger partial charge < -0.3 is 25.6 Å². The molecular weight excluding hydrogens is 436 g/mol. The van der Waals surface area contributed by atoms with Gasteiger partial charge in [0.1, 0.15) is 24.9 Å². The van der Waals surface area contributed by atoms with Gasteiger partial charge in [-0.3, -0.25) is 9.59 Å². The lowest BCUT2D eigenvalue weighted by atomic mass is 9.98. The summed E-state index contributed by atoms with van der Waals surface area (Å²) in [6, 6.07) is 21.0. The number of alkyl carbamates (subject to hydrolysis) is 1. The number of carbonyl (C=O) groups is 3. The minimum absolute atomic E-state index is 0.0696. The van der Waals surface area contributed by atoms with Gasteiger partial charge in [-0.2, -0.15) is 0 Å². The predicted octanol–water partition coefficient (Wildman–Crippen LogP) is 3.04. The van der Waals surface area contributed by atoms with Gasteiger partial charge in [0.15, 0.2) is 0 Å². The molecule has 0 aromatic heterocycles. The van der Waals surface area contributed by atoms with Gasteiger partial charge >= 0.3 is 12.1 Å². The summed E-state index contributed by atoms with van der Waals surface area (Å²) in [5.41, 5.74) is 5.01. The summed E-state index contributed by atoms with van der Waals surface area (Å²) in [6.07, 6.45) is -0.688. The molecule has 1 aliphatic carbocycles. The topological polar surface area (TPSA) is 125 Å². The fourth-order valence-electron chi connectivity index (χ4n) is 4.15. The molecule has 4 N–H and O–H groups in total. The lowest BCUT2D eigenvalue weighted by Crippen LogP contribution is -2.49. The second-order valence-electron chi connectivity index (χ2n) is 8.00. The summed E-state index contributed by atoms with van der Waals surface area (Å²) < 4.78 is 5.52. The van der Waals surface area contributed by atoms with Crippen LogP contribution in [0.5, 0.6) is 5.75 Å². The average molecular weight is 460 g/mol. The second-order valence-corrected chi connectivity index (χ2v) is 8.00. The van der Waals surface area contributed by atoms with E-state index in [9.17, 15) is 19.5 Å². The van der Waals surface area contributed by atoms with E-state index in [1.54, 1.807) is 12.1 Å². The molecule has 1 atom stereocenters. The van der Waals surface area contributed by atoms with Crippen LogP contribution in [0.15, 0.2) is 72.8 Å². The van der Waals surface area contributed by atoms with Crippen LogP contribution in [-0.2, 0) is 20.7 Å². The van der Waals surface area contributed by atoms with Crippen molar-refractivity contribution in [2.75, 3.05) is 13.2 Å². The number of phenolic OH excluding ortho intramolecular Hbond substituents is 1. The molecule has 2 amide bonds. The Morgan fingerprint density at radius 2 is 1.47 bits per heavy atom. The maximum Gasteiger partial charge on any atom is 0.407 e. The van der Waals surface area contributed by atoms with E-state index in [1.165, 1.54) is 12.1 Å². The van der Waals surface area contributed by atoms with E-state index in [0.717, 1.165) is 22.3 Å². The highest BCUT2D eigenvalue weighted by Crippen LogP contribution is 2.44. The number of nitrogens with one attached hydrogen (secondary N) is 2. The lowest BCUT2D eigenvalue weighted by Gasteiger charge is -2.19. The van der Waals surface area contributed by atoms with Crippen LogP contribution in [0.2, 0.25) is 0 Å². The summed E-state index contributed by atoms with van der Waals surface area (Å²) in [6.45, 7) is -0.486. The van der Waals surface area contributed by atoms with E-state index >= 15 is 0 Å². The van der Waals surface area contributed by atoms with E-state index in [2.05, 4.69) is 10.6 Å². The molecule has 4 rings (SSSR count). The zero-order valence-corrected chi connectivity index (χ0v) is 18.2. The highest BCUT2D eigenvalue weighted by Gasteiger charge is 2.30. The first-order valence-corrected chi connectivity index (χ1v) is 10.8. The number of hydrogen-bond acceptors (Lipinski definition) is 5. The minimum Gasteiger partial charge on any atom is -0.508 e. The maximum absolute atomic E-state index is 12.7. The zero-order valence-electron chi connectivity index (χ0n) is 18.2. The monoisotopic (exact) mass is 460 g/mol. The van der Waals surface area contributed by atoms with Crippen molar-refractivity contribution in [1.82, 2.24) is 10.6 Å². The number of aliphatic carboxylic acids is 1. The first-order chi connectivity index (χ1) is 16.4. The molecule has 0 aliphatic heterocycles. The van der Waals surface area contributed by atoms with Crippen LogP contribution in [0.25, 0.3) is 11.1 Å². The Balaban J connectivity index is 1.44. The number of aromatic hydroxyl groups is 1. The van der Waals surface area contributed by atoms with Crippen molar-refractivity contribution in [3.63, 3.8) is 0 Å². The molecule has 0 heterocycles. The van der Waals surface area contributed by atoms with E-state index in [4.69, 9.17) is 9.84 Å². The molecular formula is C26H24N2O6. The quantitative estimate of drug-likeness (QED) is 0.410. The Labute approximate surface area is 196 Å². The second kappa shape index (κ2) is 10.1. The van der Waals surface area contributed by atoms with E-state index in [0.29, 0.717) is 5.56 Å². The zero-order chi connectivity index (χ0) is 24.1. The van der Waals surface area contributed by atoms with Gasteiger partial charge in [-0.1, -0.05) is 60.7 Å². The first-order valence-electron chi connectivity index (χ1n) is 10.8. The predicted molar refractivity (Wildman–Crippen MR) is 124 cm³/mol. The molecule has 3 aromatic carbocycles. The van der Waals surface area contributed by atoms with Crippen molar-refractivity contribution in [1.29, 1.82) is 0 Å². The summed E-state index contributed by atoms with van der Waals surface area (Å²) in [5.74, 6) is -1.91. The minimum atomic E-state index is -1.20. The summed E-state index contributed by atoms with van der Waals surface area (Å²) in [7, 11) is 0. The van der Waals surface area contributed by atoms with Gasteiger partial charge in [-0.25, -0.2) is 4.79 Å². The van der Waals surface area contributed by atoms with Crippen LogP contribution in [-0.4, -0.2) is 47.4 Å². The molecule has 0 bridgehead atoms. The van der Waals surface area contributed by atoms with Crippen molar-refractivity contribution in [2.45, 2.75) is 18.4 Å². The largest absolute Gasteiger partial charge is 0.508 e. The summed E-state index contributed by atoms with van der Waals surface area (Å²) in [4.78, 5) is 36.0. The van der Waals surface area contributed by atoms with Gasteiger partial charge in [0.25, 0.3) is 0 Å². The third-order valence-corrected chi connectivity index (χ3v) is 5.74. The third-order valence-electron chi connectivity index (χ3n) is 5.74. The third kappa shape index (κ3) is 5.17. The molecule has 0 saturated heterocycles. The fourth-order valence-corrected chi connectivity index (χ4v) is 4.15. The van der Waals surface area contributed by atoms with Gasteiger partial charge in [0, 0.05) is 12.3 Å². The number of hydrogen-bond donors (Lipinski definition) is 4. The highest BCUT2D eigenvalue weighted by molar-refractivity contribution is 5.88. The van der Waals surface area contributed by atoms with Crippen LogP contribution >= 0.6 is 0 Å². The molecule has 8 nitrogen and oxygen atoms in total. The molecule has 174 valence electrons. The Bertz CT molecular complexity index is 1160. The van der Waals surface area contributed by atoms with E-state index in [-0.39, 0.29) is 24.7 Å². The van der Waals surface area contributed by atoms with Crippen molar-refractivity contribution in [2.24, 2.45) is 0 Å². The van der Waals surface area contributed by atoms with Crippen LogP contribution < -0.4 is 10.6 Å². The number of ether oxygens (including phenoxy) is 1. The van der Waals surface area contributed by atoms with Gasteiger partial charge in [0.2, 0.25) is 5.91 Å². The Morgan fingerprint density at radius 1 is 0.882 bits per heavy atom. The normalized spacial score (nSPS) is 12.8. The number of benzene rings is 3. The molecule has 0 fully saturated rings. The SMILES string of the molecule is O=C(O)CNC(=O)[C@@H](Cc1ccc(O)cc1)NC(=O)OCC1c2ccccc2-c2ccccc21. The number of carboxylic acids is 1. The number of carboxylic acid groups (broad SMARTS) is 1. The molecule has 1 aliphatic rings. The number of amides is 2. The number of phenols is 1.